The maximum absolute atomic E-state index is 12.1. The molecule has 92 valence electrons. The predicted octanol–water partition coefficient (Wildman–Crippen LogP) is 2.05. The van der Waals surface area contributed by atoms with Crippen LogP contribution in [0.25, 0.3) is 0 Å². The lowest BCUT2D eigenvalue weighted by Crippen LogP contribution is -2.50. The number of amides is 1. The molecule has 2 saturated heterocycles. The Morgan fingerprint density at radius 1 is 1.25 bits per heavy atom. The van der Waals surface area contributed by atoms with Crippen molar-refractivity contribution in [3.8, 4) is 0 Å². The number of nitrogens with zero attached hydrogens (tertiary/aromatic N) is 1. The van der Waals surface area contributed by atoms with Crippen LogP contribution in [0.5, 0.6) is 0 Å². The van der Waals surface area contributed by atoms with Crippen molar-refractivity contribution in [1.29, 1.82) is 0 Å². The molecule has 0 aromatic rings. The van der Waals surface area contributed by atoms with Crippen LogP contribution in [-0.4, -0.2) is 28.9 Å². The van der Waals surface area contributed by atoms with Crippen molar-refractivity contribution in [1.82, 2.24) is 4.90 Å². The molecule has 0 spiro atoms. The summed E-state index contributed by atoms with van der Waals surface area (Å²) in [5, 5.41) is 0. The molecule has 1 amide bonds. The van der Waals surface area contributed by atoms with Crippen molar-refractivity contribution in [3.63, 3.8) is 0 Å². The van der Waals surface area contributed by atoms with Gasteiger partial charge in [-0.05, 0) is 32.1 Å². The fourth-order valence-corrected chi connectivity index (χ4v) is 3.28. The summed E-state index contributed by atoms with van der Waals surface area (Å²) >= 11 is 0. The number of hydrogen-bond donors (Lipinski definition) is 1. The zero-order valence-electron chi connectivity index (χ0n) is 10.3. The average molecular weight is 224 g/mol. The van der Waals surface area contributed by atoms with Crippen LogP contribution in [0.3, 0.4) is 0 Å². The first-order valence-electron chi connectivity index (χ1n) is 6.79. The summed E-state index contributed by atoms with van der Waals surface area (Å²) in [7, 11) is 0. The van der Waals surface area contributed by atoms with Crippen molar-refractivity contribution in [3.05, 3.63) is 0 Å². The quantitative estimate of drug-likeness (QED) is 0.743. The van der Waals surface area contributed by atoms with E-state index >= 15 is 0 Å². The predicted molar refractivity (Wildman–Crippen MR) is 65.0 cm³/mol. The molecular weight excluding hydrogens is 200 g/mol. The molecule has 16 heavy (non-hydrogen) atoms. The highest BCUT2D eigenvalue weighted by atomic mass is 16.2. The summed E-state index contributed by atoms with van der Waals surface area (Å²) < 4.78 is 0. The molecule has 2 fully saturated rings. The molecule has 3 nitrogen and oxygen atoms in total. The minimum absolute atomic E-state index is 0.331. The van der Waals surface area contributed by atoms with Crippen LogP contribution in [0, 0.1) is 0 Å². The first-order valence-corrected chi connectivity index (χ1v) is 6.79. The molecule has 2 unspecified atom stereocenters. The van der Waals surface area contributed by atoms with Crippen molar-refractivity contribution in [2.45, 2.75) is 76.4 Å². The molecule has 0 aliphatic carbocycles. The molecule has 2 bridgehead atoms. The van der Waals surface area contributed by atoms with Crippen molar-refractivity contribution in [2.24, 2.45) is 5.73 Å². The smallest absolute Gasteiger partial charge is 0.223 e. The highest BCUT2D eigenvalue weighted by Gasteiger charge is 2.41. The molecule has 0 radical (unpaired) electrons. The maximum Gasteiger partial charge on any atom is 0.223 e. The van der Waals surface area contributed by atoms with E-state index in [0.717, 1.165) is 25.7 Å². The lowest BCUT2D eigenvalue weighted by atomic mass is 9.97. The van der Waals surface area contributed by atoms with Gasteiger partial charge in [-0.3, -0.25) is 4.79 Å². The molecule has 0 aromatic heterocycles. The van der Waals surface area contributed by atoms with Crippen LogP contribution in [0.15, 0.2) is 0 Å². The van der Waals surface area contributed by atoms with Crippen molar-refractivity contribution >= 4 is 5.91 Å². The van der Waals surface area contributed by atoms with Crippen molar-refractivity contribution < 1.29 is 4.79 Å². The van der Waals surface area contributed by atoms with Gasteiger partial charge in [0.25, 0.3) is 0 Å². The summed E-state index contributed by atoms with van der Waals surface area (Å²) in [4.78, 5) is 14.3. The van der Waals surface area contributed by atoms with E-state index in [9.17, 15) is 4.79 Å². The molecule has 2 aliphatic rings. The Hall–Kier alpha value is -0.570. The Morgan fingerprint density at radius 3 is 2.44 bits per heavy atom. The Labute approximate surface area is 98.4 Å². The minimum atomic E-state index is 0.331. The molecule has 0 saturated carbocycles. The zero-order chi connectivity index (χ0) is 11.5. The molecule has 0 aromatic carbocycles. The van der Waals surface area contributed by atoms with Gasteiger partial charge in [0.05, 0.1) is 0 Å². The third kappa shape index (κ3) is 2.40. The van der Waals surface area contributed by atoms with Crippen LogP contribution < -0.4 is 5.73 Å². The summed E-state index contributed by atoms with van der Waals surface area (Å²) in [6.45, 7) is 2.17. The summed E-state index contributed by atoms with van der Waals surface area (Å²) in [5.74, 6) is 0.382. The van der Waals surface area contributed by atoms with Gasteiger partial charge in [-0.2, -0.15) is 0 Å². The fourth-order valence-electron chi connectivity index (χ4n) is 3.28. The van der Waals surface area contributed by atoms with Gasteiger partial charge in [0.15, 0.2) is 0 Å². The van der Waals surface area contributed by atoms with E-state index in [4.69, 9.17) is 5.73 Å². The molecule has 3 heteroatoms. The van der Waals surface area contributed by atoms with Gasteiger partial charge in [-0.15, -0.1) is 0 Å². The zero-order valence-corrected chi connectivity index (χ0v) is 10.3. The highest BCUT2D eigenvalue weighted by molar-refractivity contribution is 5.77. The number of hydrogen-bond acceptors (Lipinski definition) is 2. The number of fused-ring (bicyclic) bond motifs is 2. The second-order valence-corrected chi connectivity index (χ2v) is 5.37. The van der Waals surface area contributed by atoms with E-state index in [1.807, 2.05) is 0 Å². The topological polar surface area (TPSA) is 46.3 Å². The van der Waals surface area contributed by atoms with Crippen LogP contribution in [0.4, 0.5) is 0 Å². The Bertz CT molecular complexity index is 240. The van der Waals surface area contributed by atoms with Crippen molar-refractivity contribution in [2.75, 3.05) is 0 Å². The SMILES string of the molecule is CCCCCC(=O)N1C2CCC1CC(N)C2. The molecule has 2 rings (SSSR count). The number of rotatable bonds is 4. The van der Waals surface area contributed by atoms with Gasteiger partial charge in [0.2, 0.25) is 5.91 Å². The number of piperidine rings is 1. The van der Waals surface area contributed by atoms with Crippen LogP contribution in [-0.2, 0) is 4.79 Å². The second kappa shape index (κ2) is 5.17. The van der Waals surface area contributed by atoms with Crippen LogP contribution in [0.1, 0.15) is 58.3 Å². The lowest BCUT2D eigenvalue weighted by molar-refractivity contribution is -0.135. The van der Waals surface area contributed by atoms with E-state index in [0.29, 0.717) is 24.0 Å². The number of carbonyl (C=O) groups excluding carboxylic acids is 1. The van der Waals surface area contributed by atoms with Crippen LogP contribution >= 0.6 is 0 Å². The second-order valence-electron chi connectivity index (χ2n) is 5.37. The molecule has 2 atom stereocenters. The minimum Gasteiger partial charge on any atom is -0.337 e. The number of carbonyl (C=O) groups is 1. The van der Waals surface area contributed by atoms with Gasteiger partial charge >= 0.3 is 0 Å². The Balaban J connectivity index is 1.87. The number of nitrogens with two attached hydrogens (primary N) is 1. The first kappa shape index (κ1) is 11.9. The summed E-state index contributed by atoms with van der Waals surface area (Å²) in [6.07, 6.45) is 8.56. The van der Waals surface area contributed by atoms with Gasteiger partial charge in [0, 0.05) is 24.5 Å². The van der Waals surface area contributed by atoms with E-state index in [1.165, 1.54) is 25.7 Å². The van der Waals surface area contributed by atoms with E-state index in [-0.39, 0.29) is 0 Å². The Morgan fingerprint density at radius 2 is 1.88 bits per heavy atom. The molecule has 2 heterocycles. The molecule has 2 aliphatic heterocycles. The van der Waals surface area contributed by atoms with E-state index < -0.39 is 0 Å². The largest absolute Gasteiger partial charge is 0.337 e. The monoisotopic (exact) mass is 224 g/mol. The normalized spacial score (nSPS) is 33.1. The highest BCUT2D eigenvalue weighted by Crippen LogP contribution is 2.35. The lowest BCUT2D eigenvalue weighted by Gasteiger charge is -2.37. The molecule has 2 N–H and O–H groups in total. The standard InChI is InChI=1S/C13H24N2O/c1-2-3-4-5-13(16)15-11-6-7-12(15)9-10(14)8-11/h10-12H,2-9,14H2,1H3. The van der Waals surface area contributed by atoms with Gasteiger partial charge in [-0.25, -0.2) is 0 Å². The summed E-state index contributed by atoms with van der Waals surface area (Å²) in [6, 6.07) is 1.25. The molecular formula is C13H24N2O. The van der Waals surface area contributed by atoms with Gasteiger partial charge in [-0.1, -0.05) is 19.8 Å². The third-order valence-corrected chi connectivity index (χ3v) is 4.05. The van der Waals surface area contributed by atoms with E-state index in [2.05, 4.69) is 11.8 Å². The number of unbranched alkanes of at least 4 members (excludes halogenated alkanes) is 2. The van der Waals surface area contributed by atoms with Gasteiger partial charge < -0.3 is 10.6 Å². The van der Waals surface area contributed by atoms with Gasteiger partial charge in [0.1, 0.15) is 0 Å². The first-order chi connectivity index (χ1) is 7.72. The Kier molecular flexibility index (Phi) is 3.85. The third-order valence-electron chi connectivity index (χ3n) is 4.05. The van der Waals surface area contributed by atoms with Crippen LogP contribution in [0.2, 0.25) is 0 Å². The fraction of sp³-hybridized carbons (Fsp3) is 0.923. The van der Waals surface area contributed by atoms with E-state index in [1.54, 1.807) is 0 Å². The maximum atomic E-state index is 12.1. The average Bonchev–Trinajstić information content (AvgIpc) is 2.52. The summed E-state index contributed by atoms with van der Waals surface area (Å²) in [5.41, 5.74) is 6.00.